The number of hydrogen-bond donors (Lipinski definition) is 1. The summed E-state index contributed by atoms with van der Waals surface area (Å²) in [5.74, 6) is -0.141. The lowest BCUT2D eigenvalue weighted by Crippen LogP contribution is -2.30. The first-order valence-electron chi connectivity index (χ1n) is 9.39. The summed E-state index contributed by atoms with van der Waals surface area (Å²) in [6.45, 7) is 4.06. The molecule has 3 aromatic rings. The fourth-order valence-electron chi connectivity index (χ4n) is 3.41. The van der Waals surface area contributed by atoms with E-state index in [-0.39, 0.29) is 5.91 Å². The molecule has 0 radical (unpaired) electrons. The highest BCUT2D eigenvalue weighted by Crippen LogP contribution is 2.31. The standard InChI is InChI=1S/C22H22N4OS2/c1-15-9-12-26(22-24-11-13-29-22)14-19(15)16-5-7-17(8-6-16)25-20(27)18-4-3-10-23-21(18)28-2/h3-8,10-11,13H,9,12,14H2,1-2H3,(H,25,27). The number of hydrogen-bond acceptors (Lipinski definition) is 6. The minimum absolute atomic E-state index is 0.141. The van der Waals surface area contributed by atoms with E-state index in [0.717, 1.165) is 35.4 Å². The Labute approximate surface area is 178 Å². The molecule has 0 fully saturated rings. The molecule has 4 rings (SSSR count). The lowest BCUT2D eigenvalue weighted by Gasteiger charge is -2.30. The minimum atomic E-state index is -0.141. The molecule has 7 heteroatoms. The van der Waals surface area contributed by atoms with Gasteiger partial charge >= 0.3 is 0 Å². The van der Waals surface area contributed by atoms with Crippen LogP contribution in [-0.2, 0) is 0 Å². The summed E-state index contributed by atoms with van der Waals surface area (Å²) in [6, 6.07) is 11.7. The van der Waals surface area contributed by atoms with Crippen LogP contribution in [0.15, 0.2) is 64.8 Å². The van der Waals surface area contributed by atoms with Crippen LogP contribution in [0.25, 0.3) is 5.57 Å². The van der Waals surface area contributed by atoms with Gasteiger partial charge in [-0.05, 0) is 55.0 Å². The maximum Gasteiger partial charge on any atom is 0.258 e. The van der Waals surface area contributed by atoms with Gasteiger partial charge in [-0.1, -0.05) is 17.7 Å². The van der Waals surface area contributed by atoms with Crippen LogP contribution in [0.4, 0.5) is 10.8 Å². The number of thioether (sulfide) groups is 1. The molecule has 1 aliphatic rings. The number of aromatic nitrogens is 2. The van der Waals surface area contributed by atoms with Crippen molar-refractivity contribution in [2.75, 3.05) is 29.6 Å². The lowest BCUT2D eigenvalue weighted by molar-refractivity contribution is 0.102. The van der Waals surface area contributed by atoms with Crippen molar-refractivity contribution in [1.29, 1.82) is 0 Å². The van der Waals surface area contributed by atoms with Crippen molar-refractivity contribution in [3.63, 3.8) is 0 Å². The monoisotopic (exact) mass is 422 g/mol. The molecule has 0 spiro atoms. The van der Waals surface area contributed by atoms with E-state index in [9.17, 15) is 4.79 Å². The molecule has 0 unspecified atom stereocenters. The van der Waals surface area contributed by atoms with Crippen molar-refractivity contribution < 1.29 is 4.79 Å². The van der Waals surface area contributed by atoms with Crippen LogP contribution < -0.4 is 10.2 Å². The van der Waals surface area contributed by atoms with Gasteiger partial charge in [-0.15, -0.1) is 23.1 Å². The molecular formula is C22H22N4OS2. The van der Waals surface area contributed by atoms with Crippen LogP contribution in [0.1, 0.15) is 29.3 Å². The normalized spacial score (nSPS) is 14.2. The van der Waals surface area contributed by atoms with Gasteiger partial charge in [0, 0.05) is 36.6 Å². The summed E-state index contributed by atoms with van der Waals surface area (Å²) in [6.07, 6.45) is 6.51. The number of amides is 1. The minimum Gasteiger partial charge on any atom is -0.343 e. The summed E-state index contributed by atoms with van der Waals surface area (Å²) >= 11 is 3.14. The largest absolute Gasteiger partial charge is 0.343 e. The van der Waals surface area contributed by atoms with Gasteiger partial charge in [0.2, 0.25) is 0 Å². The van der Waals surface area contributed by atoms with Crippen LogP contribution in [0.2, 0.25) is 0 Å². The molecule has 0 atom stereocenters. The van der Waals surface area contributed by atoms with E-state index in [0.29, 0.717) is 5.56 Å². The SMILES string of the molecule is CSc1ncccc1C(=O)Nc1ccc(C2=C(C)CCN(c3nccs3)C2)cc1. The van der Waals surface area contributed by atoms with Gasteiger partial charge in [-0.25, -0.2) is 9.97 Å². The number of carbonyl (C=O) groups excluding carboxylic acids is 1. The first kappa shape index (κ1) is 19.7. The average Bonchev–Trinajstić information content (AvgIpc) is 3.29. The van der Waals surface area contributed by atoms with Gasteiger partial charge in [0.05, 0.1) is 5.56 Å². The summed E-state index contributed by atoms with van der Waals surface area (Å²) in [5, 5.41) is 6.79. The molecule has 3 heterocycles. The van der Waals surface area contributed by atoms with Gasteiger partial charge in [0.25, 0.3) is 5.91 Å². The van der Waals surface area contributed by atoms with E-state index in [1.807, 2.05) is 30.0 Å². The van der Waals surface area contributed by atoms with E-state index in [4.69, 9.17) is 0 Å². The van der Waals surface area contributed by atoms with E-state index < -0.39 is 0 Å². The molecule has 0 saturated heterocycles. The maximum atomic E-state index is 12.6. The first-order valence-corrected chi connectivity index (χ1v) is 11.5. The second-order valence-corrected chi connectivity index (χ2v) is 8.50. The number of rotatable bonds is 5. The van der Waals surface area contributed by atoms with Gasteiger partial charge in [-0.3, -0.25) is 4.79 Å². The van der Waals surface area contributed by atoms with Crippen LogP contribution in [0.3, 0.4) is 0 Å². The Bertz CT molecular complexity index is 1030. The Kier molecular flexibility index (Phi) is 5.97. The van der Waals surface area contributed by atoms with E-state index >= 15 is 0 Å². The van der Waals surface area contributed by atoms with Crippen molar-refractivity contribution in [1.82, 2.24) is 9.97 Å². The number of carbonyl (C=O) groups is 1. The zero-order valence-corrected chi connectivity index (χ0v) is 18.0. The molecule has 148 valence electrons. The molecule has 0 bridgehead atoms. The smallest absolute Gasteiger partial charge is 0.258 e. The van der Waals surface area contributed by atoms with Crippen LogP contribution in [0, 0.1) is 0 Å². The van der Waals surface area contributed by atoms with Crippen molar-refractivity contribution in [2.45, 2.75) is 18.4 Å². The summed E-state index contributed by atoms with van der Waals surface area (Å²) in [5.41, 5.74) is 5.30. The first-order chi connectivity index (χ1) is 14.2. The van der Waals surface area contributed by atoms with Crippen molar-refractivity contribution in [2.24, 2.45) is 0 Å². The molecule has 2 aromatic heterocycles. The molecule has 0 saturated carbocycles. The fraction of sp³-hybridized carbons (Fsp3) is 0.227. The van der Waals surface area contributed by atoms with Gasteiger partial charge < -0.3 is 10.2 Å². The predicted octanol–water partition coefficient (Wildman–Crippen LogP) is 5.20. The van der Waals surface area contributed by atoms with Crippen LogP contribution in [0.5, 0.6) is 0 Å². The Morgan fingerprint density at radius 3 is 2.72 bits per heavy atom. The van der Waals surface area contributed by atoms with Gasteiger partial charge in [0.1, 0.15) is 5.03 Å². The number of benzene rings is 1. The average molecular weight is 423 g/mol. The summed E-state index contributed by atoms with van der Waals surface area (Å²) < 4.78 is 0. The molecule has 1 N–H and O–H groups in total. The highest BCUT2D eigenvalue weighted by Gasteiger charge is 2.20. The van der Waals surface area contributed by atoms with E-state index in [2.05, 4.69) is 39.2 Å². The van der Waals surface area contributed by atoms with Gasteiger partial charge in [-0.2, -0.15) is 0 Å². The molecule has 29 heavy (non-hydrogen) atoms. The number of anilines is 2. The molecule has 5 nitrogen and oxygen atoms in total. The highest BCUT2D eigenvalue weighted by molar-refractivity contribution is 7.98. The highest BCUT2D eigenvalue weighted by atomic mass is 32.2. The van der Waals surface area contributed by atoms with E-state index in [1.54, 1.807) is 29.7 Å². The molecule has 1 aliphatic heterocycles. The second-order valence-electron chi connectivity index (χ2n) is 6.84. The number of nitrogens with one attached hydrogen (secondary N) is 1. The number of thiazole rings is 1. The Morgan fingerprint density at radius 2 is 2.00 bits per heavy atom. The summed E-state index contributed by atoms with van der Waals surface area (Å²) in [4.78, 5) is 23.7. The van der Waals surface area contributed by atoms with Crippen LogP contribution in [-0.4, -0.2) is 35.2 Å². The van der Waals surface area contributed by atoms with E-state index in [1.165, 1.54) is 28.5 Å². The zero-order valence-electron chi connectivity index (χ0n) is 16.4. The third-order valence-corrected chi connectivity index (χ3v) is 6.56. The lowest BCUT2D eigenvalue weighted by atomic mass is 9.95. The summed E-state index contributed by atoms with van der Waals surface area (Å²) in [7, 11) is 0. The van der Waals surface area contributed by atoms with Crippen molar-refractivity contribution in [3.8, 4) is 0 Å². The van der Waals surface area contributed by atoms with Gasteiger partial charge in [0.15, 0.2) is 5.13 Å². The van der Waals surface area contributed by atoms with Crippen molar-refractivity contribution >= 4 is 45.4 Å². The van der Waals surface area contributed by atoms with Crippen molar-refractivity contribution in [3.05, 3.63) is 70.9 Å². The third-order valence-electron chi connectivity index (χ3n) is 5.01. The topological polar surface area (TPSA) is 58.1 Å². The fourth-order valence-corrected chi connectivity index (χ4v) is 4.63. The quantitative estimate of drug-likeness (QED) is 0.573. The number of pyridine rings is 1. The number of nitrogens with zero attached hydrogens (tertiary/aromatic N) is 3. The second kappa shape index (κ2) is 8.80. The predicted molar refractivity (Wildman–Crippen MR) is 122 cm³/mol. The Balaban J connectivity index is 1.49. The molecule has 1 amide bonds. The van der Waals surface area contributed by atoms with Crippen LogP contribution >= 0.6 is 23.1 Å². The third kappa shape index (κ3) is 4.36. The molecular weight excluding hydrogens is 400 g/mol. The Morgan fingerprint density at radius 1 is 1.17 bits per heavy atom. The zero-order chi connectivity index (χ0) is 20.2. The maximum absolute atomic E-state index is 12.6. The molecule has 0 aliphatic carbocycles. The Hall–Kier alpha value is -2.64. The molecule has 1 aromatic carbocycles.